The summed E-state index contributed by atoms with van der Waals surface area (Å²) in [5.41, 5.74) is 6.05. The molecule has 1 unspecified atom stereocenters. The number of carbonyl (C=O) groups is 1. The maximum atomic E-state index is 14.4. The molecule has 1 heterocycles. The van der Waals surface area contributed by atoms with Crippen LogP contribution in [0.2, 0.25) is 5.02 Å². The minimum Gasteiger partial charge on any atom is -0.387 e. The molecule has 5 nitrogen and oxygen atoms in total. The van der Waals surface area contributed by atoms with Gasteiger partial charge in [-0.3, -0.25) is 5.32 Å². The van der Waals surface area contributed by atoms with E-state index < -0.39 is 18.0 Å². The minimum absolute atomic E-state index is 0.0787. The van der Waals surface area contributed by atoms with E-state index in [0.717, 1.165) is 0 Å². The van der Waals surface area contributed by atoms with Crippen molar-refractivity contribution in [2.75, 3.05) is 13.1 Å². The van der Waals surface area contributed by atoms with Gasteiger partial charge in [-0.05, 0) is 49.3 Å². The van der Waals surface area contributed by atoms with Crippen molar-refractivity contribution in [3.63, 3.8) is 0 Å². The van der Waals surface area contributed by atoms with E-state index in [1.807, 2.05) is 0 Å². The monoisotopic (exact) mass is 386 g/mol. The van der Waals surface area contributed by atoms with Gasteiger partial charge < -0.3 is 10.6 Å². The second-order valence-electron chi connectivity index (χ2n) is 5.54. The summed E-state index contributed by atoms with van der Waals surface area (Å²) >= 11 is 10.6. The molecule has 2 amide bonds. The number of amidine groups is 1. The molecule has 3 N–H and O–H groups in total. The molecule has 1 aliphatic heterocycles. The van der Waals surface area contributed by atoms with Gasteiger partial charge in [0.05, 0.1) is 12.4 Å². The molecule has 134 valence electrons. The van der Waals surface area contributed by atoms with Gasteiger partial charge in [-0.2, -0.15) is 0 Å². The Bertz CT molecular complexity index is 750. The van der Waals surface area contributed by atoms with E-state index in [4.69, 9.17) is 29.6 Å². The molecule has 0 aliphatic carbocycles. The third kappa shape index (κ3) is 5.47. The Balaban J connectivity index is 2.02. The predicted octanol–water partition coefficient (Wildman–Crippen LogP) is 3.28. The summed E-state index contributed by atoms with van der Waals surface area (Å²) in [5, 5.41) is 2.57. The van der Waals surface area contributed by atoms with E-state index >= 15 is 0 Å². The second kappa shape index (κ2) is 8.35. The van der Waals surface area contributed by atoms with Gasteiger partial charge in [-0.15, -0.1) is 0 Å². The molecule has 1 atom stereocenters. The van der Waals surface area contributed by atoms with Gasteiger partial charge in [-0.1, -0.05) is 17.7 Å². The lowest BCUT2D eigenvalue weighted by Gasteiger charge is -2.31. The lowest BCUT2D eigenvalue weighted by molar-refractivity contribution is 0.173. The Morgan fingerprint density at radius 3 is 2.88 bits per heavy atom. The summed E-state index contributed by atoms with van der Waals surface area (Å²) in [6.07, 6.45) is 0.337. The third-order valence-electron chi connectivity index (χ3n) is 3.54. The number of aliphatic imine (C=N–C) groups is 1. The molecule has 0 spiro atoms. The number of halogens is 3. The number of thiocarbonyl (C=S) groups is 1. The van der Waals surface area contributed by atoms with Crippen molar-refractivity contribution < 1.29 is 13.6 Å². The third-order valence-corrected chi connectivity index (χ3v) is 3.96. The first-order valence-electron chi connectivity index (χ1n) is 7.46. The van der Waals surface area contributed by atoms with Crippen molar-refractivity contribution in [3.05, 3.63) is 40.2 Å². The zero-order valence-corrected chi connectivity index (χ0v) is 15.0. The highest BCUT2D eigenvalue weighted by molar-refractivity contribution is 7.80. The number of amides is 2. The summed E-state index contributed by atoms with van der Waals surface area (Å²) in [7, 11) is 0. The van der Waals surface area contributed by atoms with Crippen LogP contribution in [-0.2, 0) is 0 Å². The standard InChI is InChI=1S/C16H17ClF2N4OS/c1-9(20)21-15(25)22-16(24)23-5-4-11(14(19)8-23)6-10-2-3-12(17)7-13(10)18/h2-3,6-7,14H,4-5,8H2,1H3,(H3,20,21,22,24,25)/b11-6+. The van der Waals surface area contributed by atoms with Gasteiger partial charge in [0, 0.05) is 17.1 Å². The molecular formula is C16H17ClF2N4OS. The van der Waals surface area contributed by atoms with Crippen LogP contribution in [0.4, 0.5) is 13.6 Å². The smallest absolute Gasteiger partial charge is 0.323 e. The molecule has 0 saturated carbocycles. The van der Waals surface area contributed by atoms with Gasteiger partial charge >= 0.3 is 6.03 Å². The van der Waals surface area contributed by atoms with Crippen molar-refractivity contribution >= 4 is 46.9 Å². The topological polar surface area (TPSA) is 70.7 Å². The quantitative estimate of drug-likeness (QED) is 0.442. The average Bonchev–Trinajstić information content (AvgIpc) is 2.50. The first kappa shape index (κ1) is 19.3. The molecular weight excluding hydrogens is 370 g/mol. The number of rotatable bonds is 1. The van der Waals surface area contributed by atoms with Crippen LogP contribution >= 0.6 is 23.8 Å². The number of nitrogens with one attached hydrogen (secondary N) is 1. The Morgan fingerprint density at radius 1 is 1.56 bits per heavy atom. The number of hydrogen-bond acceptors (Lipinski definition) is 2. The number of nitrogens with zero attached hydrogens (tertiary/aromatic N) is 2. The van der Waals surface area contributed by atoms with Gasteiger partial charge in [0.25, 0.3) is 0 Å². The number of piperidine rings is 1. The van der Waals surface area contributed by atoms with Gasteiger partial charge in [0.15, 0.2) is 0 Å². The Labute approximate surface area is 154 Å². The van der Waals surface area contributed by atoms with Crippen LogP contribution in [0, 0.1) is 5.82 Å². The summed E-state index contributed by atoms with van der Waals surface area (Å²) in [5.74, 6) is -0.310. The SMILES string of the molecule is C/C(N)=N/C(=S)NC(=O)N1CC/C(=C\c2ccc(Cl)cc2F)C(F)C1. The van der Waals surface area contributed by atoms with Crippen molar-refractivity contribution in [2.24, 2.45) is 10.7 Å². The first-order valence-corrected chi connectivity index (χ1v) is 8.25. The second-order valence-corrected chi connectivity index (χ2v) is 6.36. The number of likely N-dealkylation sites (tertiary alicyclic amines) is 1. The van der Waals surface area contributed by atoms with Crippen molar-refractivity contribution in [1.29, 1.82) is 0 Å². The Hall–Kier alpha value is -2.06. The van der Waals surface area contributed by atoms with Crippen LogP contribution in [0.1, 0.15) is 18.9 Å². The fraction of sp³-hybridized carbons (Fsp3) is 0.312. The van der Waals surface area contributed by atoms with E-state index in [9.17, 15) is 13.6 Å². The summed E-state index contributed by atoms with van der Waals surface area (Å²) in [6.45, 7) is 1.66. The molecule has 1 aromatic rings. The average molecular weight is 387 g/mol. The van der Waals surface area contributed by atoms with E-state index in [1.165, 1.54) is 36.1 Å². The number of alkyl halides is 1. The molecule has 1 aromatic carbocycles. The zero-order valence-electron chi connectivity index (χ0n) is 13.4. The molecule has 1 saturated heterocycles. The fourth-order valence-electron chi connectivity index (χ4n) is 2.35. The Morgan fingerprint density at radius 2 is 2.28 bits per heavy atom. The molecule has 25 heavy (non-hydrogen) atoms. The van der Waals surface area contributed by atoms with E-state index in [-0.39, 0.29) is 41.0 Å². The van der Waals surface area contributed by atoms with E-state index in [1.54, 1.807) is 0 Å². The highest BCUT2D eigenvalue weighted by Gasteiger charge is 2.27. The molecule has 2 rings (SSSR count). The van der Waals surface area contributed by atoms with Gasteiger partial charge in [0.1, 0.15) is 12.0 Å². The first-order chi connectivity index (χ1) is 11.8. The van der Waals surface area contributed by atoms with Crippen LogP contribution in [-0.4, -0.2) is 41.1 Å². The zero-order chi connectivity index (χ0) is 18.6. The van der Waals surface area contributed by atoms with Gasteiger partial charge in [-0.25, -0.2) is 18.6 Å². The highest BCUT2D eigenvalue weighted by atomic mass is 35.5. The molecule has 0 aromatic heterocycles. The number of nitrogens with two attached hydrogens (primary N) is 1. The maximum Gasteiger partial charge on any atom is 0.323 e. The van der Waals surface area contributed by atoms with Crippen LogP contribution in [0.3, 0.4) is 0 Å². The molecule has 1 aliphatic rings. The summed E-state index contributed by atoms with van der Waals surface area (Å²) in [6, 6.07) is 3.65. The van der Waals surface area contributed by atoms with E-state index in [0.29, 0.717) is 5.57 Å². The number of hydrogen-bond donors (Lipinski definition) is 2. The van der Waals surface area contributed by atoms with Crippen molar-refractivity contribution in [2.45, 2.75) is 19.5 Å². The lowest BCUT2D eigenvalue weighted by atomic mass is 9.99. The minimum atomic E-state index is -1.40. The predicted molar refractivity (Wildman–Crippen MR) is 98.9 cm³/mol. The molecule has 9 heteroatoms. The maximum absolute atomic E-state index is 14.4. The van der Waals surface area contributed by atoms with Crippen LogP contribution < -0.4 is 11.1 Å². The number of urea groups is 1. The highest BCUT2D eigenvalue weighted by Crippen LogP contribution is 2.24. The lowest BCUT2D eigenvalue weighted by Crippen LogP contribution is -2.48. The van der Waals surface area contributed by atoms with Crippen molar-refractivity contribution in [3.8, 4) is 0 Å². The normalized spacial score (nSPS) is 19.8. The molecule has 1 fully saturated rings. The number of benzene rings is 1. The van der Waals surface area contributed by atoms with Crippen LogP contribution in [0.15, 0.2) is 28.8 Å². The molecule has 0 radical (unpaired) electrons. The van der Waals surface area contributed by atoms with E-state index in [2.05, 4.69) is 10.3 Å². The number of carbonyl (C=O) groups excluding carboxylic acids is 1. The largest absolute Gasteiger partial charge is 0.387 e. The summed E-state index contributed by atoms with van der Waals surface area (Å²) in [4.78, 5) is 17.1. The van der Waals surface area contributed by atoms with Crippen molar-refractivity contribution in [1.82, 2.24) is 10.2 Å². The van der Waals surface area contributed by atoms with Gasteiger partial charge in [0.2, 0.25) is 5.11 Å². The Kier molecular flexibility index (Phi) is 6.44. The van der Waals surface area contributed by atoms with Crippen LogP contribution in [0.5, 0.6) is 0 Å². The summed E-state index contributed by atoms with van der Waals surface area (Å²) < 4.78 is 28.2. The van der Waals surface area contributed by atoms with Crippen LogP contribution in [0.25, 0.3) is 6.08 Å². The molecule has 0 bridgehead atoms. The fourth-order valence-corrected chi connectivity index (χ4v) is 2.74.